The van der Waals surface area contributed by atoms with Crippen LogP contribution in [0.4, 0.5) is 0 Å². The number of hydrogen-bond acceptors (Lipinski definition) is 6. The van der Waals surface area contributed by atoms with Crippen LogP contribution in [-0.2, 0) is 6.42 Å². The number of hydrogen-bond donors (Lipinski definition) is 1. The summed E-state index contributed by atoms with van der Waals surface area (Å²) in [6.07, 6.45) is 0.616. The van der Waals surface area contributed by atoms with Gasteiger partial charge in [0.05, 0.1) is 30.5 Å². The summed E-state index contributed by atoms with van der Waals surface area (Å²) in [6.45, 7) is 0.460. The largest absolute Gasteiger partial charge is 0.493 e. The van der Waals surface area contributed by atoms with E-state index in [1.165, 1.54) is 11.3 Å². The summed E-state index contributed by atoms with van der Waals surface area (Å²) in [4.78, 5) is 17.7. The molecule has 0 radical (unpaired) electrons. The Labute approximate surface area is 182 Å². The van der Waals surface area contributed by atoms with Crippen LogP contribution < -0.4 is 14.8 Å². The van der Waals surface area contributed by atoms with Gasteiger partial charge in [0.25, 0.3) is 5.91 Å². The molecule has 2 aromatic heterocycles. The molecule has 0 fully saturated rings. The molecule has 0 aliphatic rings. The molecule has 0 aliphatic carbocycles. The highest BCUT2D eigenvalue weighted by Gasteiger charge is 2.14. The van der Waals surface area contributed by atoms with Gasteiger partial charge in [-0.3, -0.25) is 4.79 Å². The third-order valence-electron chi connectivity index (χ3n) is 4.58. The zero-order valence-corrected chi connectivity index (χ0v) is 18.0. The van der Waals surface area contributed by atoms with Gasteiger partial charge in [0.2, 0.25) is 4.96 Å². The number of amides is 1. The molecule has 0 saturated heterocycles. The van der Waals surface area contributed by atoms with Crippen molar-refractivity contribution in [3.63, 3.8) is 0 Å². The zero-order valence-electron chi connectivity index (χ0n) is 16.4. The molecule has 154 valence electrons. The van der Waals surface area contributed by atoms with E-state index in [2.05, 4.69) is 15.4 Å². The van der Waals surface area contributed by atoms with Crippen molar-refractivity contribution in [2.24, 2.45) is 0 Å². The second kappa shape index (κ2) is 8.73. The Morgan fingerprint density at radius 2 is 1.97 bits per heavy atom. The second-order valence-corrected chi connectivity index (χ2v) is 7.66. The van der Waals surface area contributed by atoms with Crippen molar-refractivity contribution in [3.8, 4) is 22.9 Å². The molecule has 0 spiro atoms. The third-order valence-corrected chi connectivity index (χ3v) is 5.77. The number of thiazole rings is 1. The molecule has 0 unspecified atom stereocenters. The van der Waals surface area contributed by atoms with E-state index in [4.69, 9.17) is 21.1 Å². The average Bonchev–Trinajstić information content (AvgIpc) is 3.35. The number of fused-ring (bicyclic) bond motifs is 1. The second-order valence-electron chi connectivity index (χ2n) is 6.41. The summed E-state index contributed by atoms with van der Waals surface area (Å²) in [5.41, 5.74) is 2.27. The highest BCUT2D eigenvalue weighted by molar-refractivity contribution is 7.15. The number of ether oxygens (including phenoxy) is 2. The number of rotatable bonds is 7. The molecule has 30 heavy (non-hydrogen) atoms. The summed E-state index contributed by atoms with van der Waals surface area (Å²) in [5.74, 6) is 1.67. The van der Waals surface area contributed by atoms with Crippen LogP contribution in [0.3, 0.4) is 0 Å². The van der Waals surface area contributed by atoms with Crippen molar-refractivity contribution in [3.05, 3.63) is 64.1 Å². The predicted molar refractivity (Wildman–Crippen MR) is 117 cm³/mol. The SMILES string of the molecule is COc1ccc(-c2nc3scc(CCNC(=O)c4ccccc4Cl)n3n2)cc1OC. The van der Waals surface area contributed by atoms with Crippen molar-refractivity contribution in [1.29, 1.82) is 0 Å². The normalized spacial score (nSPS) is 10.9. The number of nitrogens with zero attached hydrogens (tertiary/aromatic N) is 3. The molecule has 2 heterocycles. The van der Waals surface area contributed by atoms with Crippen molar-refractivity contribution in [1.82, 2.24) is 19.9 Å². The first-order valence-electron chi connectivity index (χ1n) is 9.19. The highest BCUT2D eigenvalue weighted by atomic mass is 35.5. The lowest BCUT2D eigenvalue weighted by Crippen LogP contribution is -2.26. The molecular formula is C21H19ClN4O3S. The molecular weight excluding hydrogens is 424 g/mol. The van der Waals surface area contributed by atoms with Crippen LogP contribution in [0.25, 0.3) is 16.3 Å². The standard InChI is InChI=1S/C21H19ClN4O3S/c1-28-17-8-7-13(11-18(17)29-2)19-24-21-26(25-19)14(12-30-21)9-10-23-20(27)15-5-3-4-6-16(15)22/h3-8,11-12H,9-10H2,1-2H3,(H,23,27). The Kier molecular flexibility index (Phi) is 5.87. The zero-order chi connectivity index (χ0) is 21.1. The minimum atomic E-state index is -0.198. The van der Waals surface area contributed by atoms with E-state index < -0.39 is 0 Å². The summed E-state index contributed by atoms with van der Waals surface area (Å²) in [7, 11) is 3.19. The molecule has 0 atom stereocenters. The first kappa shape index (κ1) is 20.2. The topological polar surface area (TPSA) is 77.8 Å². The number of carbonyl (C=O) groups is 1. The summed E-state index contributed by atoms with van der Waals surface area (Å²) in [6, 6.07) is 12.5. The van der Waals surface area contributed by atoms with Crippen molar-refractivity contribution < 1.29 is 14.3 Å². The molecule has 0 aliphatic heterocycles. The van der Waals surface area contributed by atoms with E-state index in [1.807, 2.05) is 23.6 Å². The molecule has 4 aromatic rings. The quantitative estimate of drug-likeness (QED) is 0.466. The summed E-state index contributed by atoms with van der Waals surface area (Å²) >= 11 is 7.58. The van der Waals surface area contributed by atoms with Gasteiger partial charge in [-0.15, -0.1) is 16.4 Å². The first-order chi connectivity index (χ1) is 14.6. The van der Waals surface area contributed by atoms with Crippen LogP contribution in [0.5, 0.6) is 11.5 Å². The first-order valence-corrected chi connectivity index (χ1v) is 10.4. The van der Waals surface area contributed by atoms with E-state index in [-0.39, 0.29) is 5.91 Å². The summed E-state index contributed by atoms with van der Waals surface area (Å²) < 4.78 is 12.4. The van der Waals surface area contributed by atoms with E-state index in [0.717, 1.165) is 16.2 Å². The average molecular weight is 443 g/mol. The number of benzene rings is 2. The smallest absolute Gasteiger partial charge is 0.252 e. The predicted octanol–water partition coefficient (Wildman–Crippen LogP) is 4.10. The molecule has 9 heteroatoms. The van der Waals surface area contributed by atoms with Gasteiger partial charge in [0.15, 0.2) is 17.3 Å². The molecule has 7 nitrogen and oxygen atoms in total. The monoisotopic (exact) mass is 442 g/mol. The van der Waals surface area contributed by atoms with Gasteiger partial charge < -0.3 is 14.8 Å². The van der Waals surface area contributed by atoms with Crippen molar-refractivity contribution in [2.75, 3.05) is 20.8 Å². The van der Waals surface area contributed by atoms with Crippen LogP contribution in [0, 0.1) is 0 Å². The van der Waals surface area contributed by atoms with Gasteiger partial charge in [-0.2, -0.15) is 4.98 Å². The van der Waals surface area contributed by atoms with E-state index >= 15 is 0 Å². The Morgan fingerprint density at radius 1 is 1.17 bits per heavy atom. The van der Waals surface area contributed by atoms with Gasteiger partial charge >= 0.3 is 0 Å². The maximum absolute atomic E-state index is 12.3. The third kappa shape index (κ3) is 3.96. The van der Waals surface area contributed by atoms with Gasteiger partial charge in [0.1, 0.15) is 0 Å². The highest BCUT2D eigenvalue weighted by Crippen LogP contribution is 2.31. The minimum absolute atomic E-state index is 0.198. The van der Waals surface area contributed by atoms with Crippen molar-refractivity contribution >= 4 is 33.8 Å². The van der Waals surface area contributed by atoms with Crippen LogP contribution >= 0.6 is 22.9 Å². The van der Waals surface area contributed by atoms with Gasteiger partial charge in [-0.05, 0) is 30.3 Å². The Bertz CT molecular complexity index is 1200. The van der Waals surface area contributed by atoms with Gasteiger partial charge in [-0.1, -0.05) is 23.7 Å². The maximum atomic E-state index is 12.3. The fourth-order valence-electron chi connectivity index (χ4n) is 3.04. The lowest BCUT2D eigenvalue weighted by atomic mass is 10.2. The Hall–Kier alpha value is -3.10. The van der Waals surface area contributed by atoms with Crippen LogP contribution in [0.1, 0.15) is 16.1 Å². The fraction of sp³-hybridized carbons (Fsp3) is 0.190. The molecule has 1 amide bonds. The molecule has 4 rings (SSSR count). The number of halogens is 1. The van der Waals surface area contributed by atoms with Crippen LogP contribution in [0.15, 0.2) is 47.8 Å². The lowest BCUT2D eigenvalue weighted by molar-refractivity contribution is 0.0954. The Balaban J connectivity index is 1.48. The molecule has 0 saturated carbocycles. The minimum Gasteiger partial charge on any atom is -0.493 e. The maximum Gasteiger partial charge on any atom is 0.252 e. The molecule has 1 N–H and O–H groups in total. The van der Waals surface area contributed by atoms with Gasteiger partial charge in [0, 0.05) is 23.9 Å². The van der Waals surface area contributed by atoms with Crippen molar-refractivity contribution in [2.45, 2.75) is 6.42 Å². The fourth-order valence-corrected chi connectivity index (χ4v) is 4.12. The number of nitrogens with one attached hydrogen (secondary N) is 1. The summed E-state index contributed by atoms with van der Waals surface area (Å²) in [5, 5.41) is 9.96. The lowest BCUT2D eigenvalue weighted by Gasteiger charge is -2.07. The van der Waals surface area contributed by atoms with E-state index in [1.54, 1.807) is 43.0 Å². The number of methoxy groups -OCH3 is 2. The van der Waals surface area contributed by atoms with Gasteiger partial charge in [-0.25, -0.2) is 4.52 Å². The van der Waals surface area contributed by atoms with E-state index in [0.29, 0.717) is 40.9 Å². The molecule has 2 aromatic carbocycles. The number of carbonyl (C=O) groups excluding carboxylic acids is 1. The molecule has 0 bridgehead atoms. The number of aromatic nitrogens is 3. The van der Waals surface area contributed by atoms with Crippen LogP contribution in [0.2, 0.25) is 5.02 Å². The van der Waals surface area contributed by atoms with E-state index in [9.17, 15) is 4.79 Å². The Morgan fingerprint density at radius 3 is 2.73 bits per heavy atom. The van der Waals surface area contributed by atoms with Crippen LogP contribution in [-0.4, -0.2) is 41.3 Å².